The molecular formula is C12H8BrFN2OS. The van der Waals surface area contributed by atoms with Crippen LogP contribution < -0.4 is 10.5 Å². The van der Waals surface area contributed by atoms with Gasteiger partial charge in [-0.05, 0) is 40.2 Å². The third-order valence-corrected chi connectivity index (χ3v) is 2.97. The number of hydrogen-bond acceptors (Lipinski definition) is 3. The molecule has 0 unspecified atom stereocenters. The Hall–Kier alpha value is -1.53. The molecule has 18 heavy (non-hydrogen) atoms. The van der Waals surface area contributed by atoms with E-state index >= 15 is 0 Å². The van der Waals surface area contributed by atoms with Gasteiger partial charge in [0.05, 0.1) is 4.47 Å². The van der Waals surface area contributed by atoms with E-state index in [1.165, 1.54) is 12.1 Å². The molecule has 1 heterocycles. The fourth-order valence-corrected chi connectivity index (χ4v) is 1.81. The largest absolute Gasteiger partial charge is 0.454 e. The number of nitrogens with zero attached hydrogens (tertiary/aromatic N) is 1. The van der Waals surface area contributed by atoms with Crippen LogP contribution in [-0.2, 0) is 0 Å². The number of nitrogens with two attached hydrogens (primary N) is 1. The second-order valence-electron chi connectivity index (χ2n) is 3.39. The SMILES string of the molecule is NC(=S)c1ncccc1Oc1cc(F)ccc1Br. The van der Waals surface area contributed by atoms with E-state index in [4.69, 9.17) is 22.7 Å². The minimum atomic E-state index is -0.394. The molecule has 0 spiro atoms. The Labute approximate surface area is 117 Å². The van der Waals surface area contributed by atoms with E-state index in [1.807, 2.05) is 0 Å². The third kappa shape index (κ3) is 2.83. The highest BCUT2D eigenvalue weighted by atomic mass is 79.9. The van der Waals surface area contributed by atoms with Crippen LogP contribution in [0.4, 0.5) is 4.39 Å². The van der Waals surface area contributed by atoms with E-state index in [0.717, 1.165) is 0 Å². The van der Waals surface area contributed by atoms with Crippen molar-refractivity contribution in [2.45, 2.75) is 0 Å². The molecule has 2 N–H and O–H groups in total. The third-order valence-electron chi connectivity index (χ3n) is 2.12. The lowest BCUT2D eigenvalue weighted by molar-refractivity contribution is 0.470. The number of aromatic nitrogens is 1. The Morgan fingerprint density at radius 3 is 2.83 bits per heavy atom. The van der Waals surface area contributed by atoms with Crippen molar-refractivity contribution in [3.05, 3.63) is 52.5 Å². The van der Waals surface area contributed by atoms with Crippen LogP contribution in [-0.4, -0.2) is 9.97 Å². The molecule has 0 amide bonds. The van der Waals surface area contributed by atoms with Crippen LogP contribution in [0.15, 0.2) is 41.0 Å². The molecule has 0 bridgehead atoms. The van der Waals surface area contributed by atoms with E-state index in [9.17, 15) is 4.39 Å². The number of halogens is 2. The maximum Gasteiger partial charge on any atom is 0.156 e. The van der Waals surface area contributed by atoms with Gasteiger partial charge in [0.2, 0.25) is 0 Å². The fourth-order valence-electron chi connectivity index (χ4n) is 1.33. The van der Waals surface area contributed by atoms with E-state index in [0.29, 0.717) is 21.7 Å². The highest BCUT2D eigenvalue weighted by Gasteiger charge is 2.10. The summed E-state index contributed by atoms with van der Waals surface area (Å²) in [5.74, 6) is 0.325. The number of rotatable bonds is 3. The second kappa shape index (κ2) is 5.41. The number of thiocarbonyl (C=S) groups is 1. The molecule has 0 aliphatic heterocycles. The van der Waals surface area contributed by atoms with E-state index in [2.05, 4.69) is 20.9 Å². The maximum atomic E-state index is 13.1. The van der Waals surface area contributed by atoms with Crippen LogP contribution in [0.2, 0.25) is 0 Å². The molecule has 2 aromatic rings. The first-order chi connectivity index (χ1) is 8.58. The smallest absolute Gasteiger partial charge is 0.156 e. The minimum absolute atomic E-state index is 0.123. The Bertz CT molecular complexity index is 606. The van der Waals surface area contributed by atoms with E-state index in [1.54, 1.807) is 24.4 Å². The van der Waals surface area contributed by atoms with Gasteiger partial charge in [-0.15, -0.1) is 0 Å². The Morgan fingerprint density at radius 1 is 1.33 bits per heavy atom. The first-order valence-electron chi connectivity index (χ1n) is 4.95. The summed E-state index contributed by atoms with van der Waals surface area (Å²) >= 11 is 8.15. The predicted octanol–water partition coefficient (Wildman–Crippen LogP) is 3.41. The zero-order chi connectivity index (χ0) is 13.1. The average Bonchev–Trinajstić information content (AvgIpc) is 2.34. The molecule has 0 saturated carbocycles. The molecule has 6 heteroatoms. The van der Waals surface area contributed by atoms with Crippen molar-refractivity contribution in [1.82, 2.24) is 4.98 Å². The van der Waals surface area contributed by atoms with Gasteiger partial charge in [-0.25, -0.2) is 9.37 Å². The van der Waals surface area contributed by atoms with Gasteiger partial charge < -0.3 is 10.5 Å². The van der Waals surface area contributed by atoms with Gasteiger partial charge in [-0.3, -0.25) is 0 Å². The average molecular weight is 327 g/mol. The number of pyridine rings is 1. The molecule has 0 fully saturated rings. The van der Waals surface area contributed by atoms with Gasteiger partial charge in [0.15, 0.2) is 5.75 Å². The van der Waals surface area contributed by atoms with Gasteiger partial charge in [-0.2, -0.15) is 0 Å². The molecule has 3 nitrogen and oxygen atoms in total. The quantitative estimate of drug-likeness (QED) is 0.878. The summed E-state index contributed by atoms with van der Waals surface area (Å²) in [6, 6.07) is 7.50. The number of hydrogen-bond donors (Lipinski definition) is 1. The van der Waals surface area contributed by atoms with Crippen LogP contribution in [0, 0.1) is 5.82 Å². The maximum absolute atomic E-state index is 13.1. The minimum Gasteiger partial charge on any atom is -0.454 e. The summed E-state index contributed by atoms with van der Waals surface area (Å²) in [5.41, 5.74) is 5.90. The molecule has 2 rings (SSSR count). The van der Waals surface area contributed by atoms with Crippen molar-refractivity contribution in [2.24, 2.45) is 5.73 Å². The van der Waals surface area contributed by atoms with E-state index in [-0.39, 0.29) is 4.99 Å². The Kier molecular flexibility index (Phi) is 3.88. The number of benzene rings is 1. The molecule has 0 aliphatic carbocycles. The van der Waals surface area contributed by atoms with Crippen molar-refractivity contribution in [2.75, 3.05) is 0 Å². The molecule has 1 aromatic carbocycles. The first-order valence-corrected chi connectivity index (χ1v) is 6.16. The topological polar surface area (TPSA) is 48.1 Å². The Balaban J connectivity index is 2.40. The van der Waals surface area contributed by atoms with Gasteiger partial charge >= 0.3 is 0 Å². The highest BCUT2D eigenvalue weighted by Crippen LogP contribution is 2.31. The molecule has 0 radical (unpaired) electrons. The molecule has 0 atom stereocenters. The molecule has 0 aliphatic rings. The lowest BCUT2D eigenvalue weighted by Crippen LogP contribution is -2.12. The van der Waals surface area contributed by atoms with Crippen LogP contribution >= 0.6 is 28.1 Å². The second-order valence-corrected chi connectivity index (χ2v) is 4.69. The van der Waals surface area contributed by atoms with Crippen LogP contribution in [0.5, 0.6) is 11.5 Å². The van der Waals surface area contributed by atoms with Crippen molar-refractivity contribution in [1.29, 1.82) is 0 Å². The lowest BCUT2D eigenvalue weighted by atomic mass is 10.3. The summed E-state index contributed by atoms with van der Waals surface area (Å²) in [5, 5.41) is 0. The standard InChI is InChI=1S/C12H8BrFN2OS/c13-8-4-3-7(14)6-10(8)17-9-2-1-5-16-11(9)12(15)18/h1-6H,(H2,15,18). The van der Waals surface area contributed by atoms with Crippen LogP contribution in [0.1, 0.15) is 5.69 Å². The fraction of sp³-hybridized carbons (Fsp3) is 0. The van der Waals surface area contributed by atoms with Gasteiger partial charge in [-0.1, -0.05) is 12.2 Å². The molecule has 92 valence electrons. The predicted molar refractivity (Wildman–Crippen MR) is 74.3 cm³/mol. The summed E-state index contributed by atoms with van der Waals surface area (Å²) in [7, 11) is 0. The van der Waals surface area contributed by atoms with Crippen molar-refractivity contribution in [3.63, 3.8) is 0 Å². The van der Waals surface area contributed by atoms with Crippen molar-refractivity contribution in [3.8, 4) is 11.5 Å². The lowest BCUT2D eigenvalue weighted by Gasteiger charge is -2.10. The molecule has 1 aromatic heterocycles. The number of ether oxygens (including phenoxy) is 1. The summed E-state index contributed by atoms with van der Waals surface area (Å²) in [6.07, 6.45) is 1.56. The van der Waals surface area contributed by atoms with Gasteiger partial charge in [0, 0.05) is 12.3 Å². The zero-order valence-electron chi connectivity index (χ0n) is 9.06. The van der Waals surface area contributed by atoms with Crippen LogP contribution in [0.25, 0.3) is 0 Å². The first kappa shape index (κ1) is 12.9. The van der Waals surface area contributed by atoms with Gasteiger partial charge in [0.25, 0.3) is 0 Å². The highest BCUT2D eigenvalue weighted by molar-refractivity contribution is 9.10. The Morgan fingerprint density at radius 2 is 2.11 bits per heavy atom. The monoisotopic (exact) mass is 326 g/mol. The molecular weight excluding hydrogens is 319 g/mol. The summed E-state index contributed by atoms with van der Waals surface area (Å²) in [4.78, 5) is 4.15. The summed E-state index contributed by atoms with van der Waals surface area (Å²) < 4.78 is 19.3. The van der Waals surface area contributed by atoms with Crippen LogP contribution in [0.3, 0.4) is 0 Å². The summed E-state index contributed by atoms with van der Waals surface area (Å²) in [6.45, 7) is 0. The molecule has 0 saturated heterocycles. The van der Waals surface area contributed by atoms with Crippen molar-refractivity contribution >= 4 is 33.1 Å². The normalized spacial score (nSPS) is 10.1. The van der Waals surface area contributed by atoms with Crippen molar-refractivity contribution < 1.29 is 9.13 Å². The van der Waals surface area contributed by atoms with Gasteiger partial charge in [0.1, 0.15) is 22.2 Å². The zero-order valence-corrected chi connectivity index (χ0v) is 11.5. The van der Waals surface area contributed by atoms with E-state index < -0.39 is 5.82 Å².